The third kappa shape index (κ3) is 5.65. The minimum atomic E-state index is -0.922. The SMILES string of the molecule is CCN(c1cc(Cl)cc(C(O)NCc2c(C)[nH]n(CC)c2=O)c1C)C1CCC(N(C)C)CC1. The summed E-state index contributed by atoms with van der Waals surface area (Å²) in [7, 11) is 4.33. The summed E-state index contributed by atoms with van der Waals surface area (Å²) < 4.78 is 1.58. The highest BCUT2D eigenvalue weighted by Gasteiger charge is 2.28. The highest BCUT2D eigenvalue weighted by atomic mass is 35.5. The Bertz CT molecular complexity index is 991. The molecular formula is C25H40ClN5O2. The fourth-order valence-corrected chi connectivity index (χ4v) is 5.38. The lowest BCUT2D eigenvalue weighted by atomic mass is 9.88. The van der Waals surface area contributed by atoms with E-state index in [0.29, 0.717) is 29.2 Å². The molecule has 0 aliphatic heterocycles. The standard InChI is InChI=1S/C25H40ClN5O2/c1-7-30(20-11-9-19(10-12-20)29(5)6)23-14-18(26)13-21(16(23)3)24(32)27-15-22-17(4)28-31(8-2)25(22)33/h13-14,19-20,24,27-28,32H,7-12,15H2,1-6H3. The first kappa shape index (κ1) is 25.8. The molecule has 7 nitrogen and oxygen atoms in total. The van der Waals surface area contributed by atoms with Gasteiger partial charge in [-0.1, -0.05) is 11.6 Å². The van der Waals surface area contributed by atoms with Crippen LogP contribution in [0.2, 0.25) is 5.02 Å². The van der Waals surface area contributed by atoms with Gasteiger partial charge in [-0.05, 0) is 85.2 Å². The molecule has 1 saturated carbocycles. The predicted octanol–water partition coefficient (Wildman–Crippen LogP) is 3.95. The number of rotatable bonds is 9. The maximum Gasteiger partial charge on any atom is 0.271 e. The molecule has 0 bridgehead atoms. The molecule has 184 valence electrons. The summed E-state index contributed by atoms with van der Waals surface area (Å²) in [5.41, 5.74) is 4.26. The van der Waals surface area contributed by atoms with Crippen molar-refractivity contribution in [3.05, 3.63) is 49.9 Å². The molecule has 1 aromatic heterocycles. The maximum atomic E-state index is 12.5. The van der Waals surface area contributed by atoms with Crippen LogP contribution >= 0.6 is 11.6 Å². The molecule has 8 heteroatoms. The highest BCUT2D eigenvalue weighted by molar-refractivity contribution is 6.31. The molecule has 1 fully saturated rings. The zero-order valence-corrected chi connectivity index (χ0v) is 21.7. The number of aromatic nitrogens is 2. The predicted molar refractivity (Wildman–Crippen MR) is 136 cm³/mol. The van der Waals surface area contributed by atoms with Gasteiger partial charge >= 0.3 is 0 Å². The first-order valence-electron chi connectivity index (χ1n) is 12.1. The summed E-state index contributed by atoms with van der Waals surface area (Å²) in [4.78, 5) is 17.3. The quantitative estimate of drug-likeness (QED) is 0.477. The van der Waals surface area contributed by atoms with Crippen LogP contribution in [0.5, 0.6) is 0 Å². The number of aliphatic hydroxyl groups excluding tert-OH is 1. The van der Waals surface area contributed by atoms with Gasteiger partial charge in [-0.15, -0.1) is 0 Å². The average Bonchev–Trinajstić information content (AvgIpc) is 3.07. The van der Waals surface area contributed by atoms with Crippen molar-refractivity contribution >= 4 is 17.3 Å². The van der Waals surface area contributed by atoms with E-state index in [2.05, 4.69) is 41.2 Å². The Kier molecular flexibility index (Phi) is 8.67. The molecule has 1 aromatic carbocycles. The number of aryl methyl sites for hydroxylation is 2. The van der Waals surface area contributed by atoms with Gasteiger partial charge in [0.2, 0.25) is 0 Å². The Hall–Kier alpha value is -1.80. The van der Waals surface area contributed by atoms with Gasteiger partial charge in [0.15, 0.2) is 0 Å². The molecule has 1 unspecified atom stereocenters. The minimum absolute atomic E-state index is 0.0521. The zero-order chi connectivity index (χ0) is 24.3. The van der Waals surface area contributed by atoms with Crippen molar-refractivity contribution in [2.75, 3.05) is 25.5 Å². The topological polar surface area (TPSA) is 76.5 Å². The van der Waals surface area contributed by atoms with Crippen LogP contribution < -0.4 is 15.8 Å². The Labute approximate surface area is 202 Å². The summed E-state index contributed by atoms with van der Waals surface area (Å²) in [6.45, 7) is 9.79. The lowest BCUT2D eigenvalue weighted by Crippen LogP contribution is -2.42. The number of halogens is 1. The van der Waals surface area contributed by atoms with Crippen molar-refractivity contribution in [2.45, 2.75) is 84.8 Å². The number of hydrogen-bond donors (Lipinski definition) is 3. The van der Waals surface area contributed by atoms with Crippen molar-refractivity contribution in [2.24, 2.45) is 0 Å². The molecule has 3 rings (SSSR count). The summed E-state index contributed by atoms with van der Waals surface area (Å²) >= 11 is 6.53. The number of anilines is 1. The summed E-state index contributed by atoms with van der Waals surface area (Å²) in [6, 6.07) is 4.96. The number of hydrogen-bond acceptors (Lipinski definition) is 5. The van der Waals surface area contributed by atoms with E-state index in [1.54, 1.807) is 4.68 Å². The first-order valence-corrected chi connectivity index (χ1v) is 12.5. The van der Waals surface area contributed by atoms with E-state index in [0.717, 1.165) is 41.9 Å². The molecule has 0 saturated heterocycles. The molecule has 1 atom stereocenters. The Morgan fingerprint density at radius 1 is 1.18 bits per heavy atom. The molecule has 0 radical (unpaired) electrons. The van der Waals surface area contributed by atoms with Crippen molar-refractivity contribution in [3.63, 3.8) is 0 Å². The molecule has 2 aromatic rings. The normalized spacial score (nSPS) is 19.8. The van der Waals surface area contributed by atoms with Gasteiger partial charge in [0.25, 0.3) is 5.56 Å². The molecule has 0 amide bonds. The third-order valence-electron chi connectivity index (χ3n) is 7.21. The van der Waals surface area contributed by atoms with Crippen molar-refractivity contribution in [1.29, 1.82) is 0 Å². The van der Waals surface area contributed by atoms with Gasteiger partial charge in [0, 0.05) is 53.7 Å². The highest BCUT2D eigenvalue weighted by Crippen LogP contribution is 2.35. The Morgan fingerprint density at radius 2 is 1.82 bits per heavy atom. The Morgan fingerprint density at radius 3 is 2.36 bits per heavy atom. The fraction of sp³-hybridized carbons (Fsp3) is 0.640. The van der Waals surface area contributed by atoms with Crippen molar-refractivity contribution < 1.29 is 5.11 Å². The smallest absolute Gasteiger partial charge is 0.271 e. The van der Waals surface area contributed by atoms with E-state index in [9.17, 15) is 9.90 Å². The van der Waals surface area contributed by atoms with E-state index < -0.39 is 6.23 Å². The van der Waals surface area contributed by atoms with Crippen LogP contribution in [0.3, 0.4) is 0 Å². The maximum absolute atomic E-state index is 12.5. The second-order valence-electron chi connectivity index (χ2n) is 9.40. The lowest BCUT2D eigenvalue weighted by molar-refractivity contribution is 0.136. The molecular weight excluding hydrogens is 438 g/mol. The summed E-state index contributed by atoms with van der Waals surface area (Å²) in [6.07, 6.45) is 3.76. The van der Waals surface area contributed by atoms with Crippen molar-refractivity contribution in [3.8, 4) is 0 Å². The third-order valence-corrected chi connectivity index (χ3v) is 7.43. The second-order valence-corrected chi connectivity index (χ2v) is 9.84. The molecule has 1 aliphatic carbocycles. The zero-order valence-electron chi connectivity index (χ0n) is 20.9. The monoisotopic (exact) mass is 477 g/mol. The summed E-state index contributed by atoms with van der Waals surface area (Å²) in [5.74, 6) is 0. The molecule has 1 aliphatic rings. The largest absolute Gasteiger partial charge is 0.374 e. The average molecular weight is 478 g/mol. The van der Waals surface area contributed by atoms with E-state index in [1.807, 2.05) is 32.9 Å². The van der Waals surface area contributed by atoms with Crippen LogP contribution in [0.15, 0.2) is 16.9 Å². The minimum Gasteiger partial charge on any atom is -0.374 e. The number of aromatic amines is 1. The van der Waals surface area contributed by atoms with Gasteiger partial charge < -0.3 is 14.9 Å². The van der Waals surface area contributed by atoms with Crippen LogP contribution in [-0.2, 0) is 13.1 Å². The van der Waals surface area contributed by atoms with E-state index in [1.165, 1.54) is 12.8 Å². The van der Waals surface area contributed by atoms with Gasteiger partial charge in [-0.3, -0.25) is 19.9 Å². The number of H-pyrrole nitrogens is 1. The number of nitrogens with one attached hydrogen (secondary N) is 2. The van der Waals surface area contributed by atoms with Crippen LogP contribution in [0, 0.1) is 13.8 Å². The summed E-state index contributed by atoms with van der Waals surface area (Å²) in [5, 5.41) is 17.8. The van der Waals surface area contributed by atoms with E-state index >= 15 is 0 Å². The van der Waals surface area contributed by atoms with Crippen LogP contribution in [-0.4, -0.2) is 52.5 Å². The van der Waals surface area contributed by atoms with Crippen molar-refractivity contribution in [1.82, 2.24) is 20.0 Å². The van der Waals surface area contributed by atoms with Crippen LogP contribution in [0.1, 0.15) is 68.1 Å². The number of benzene rings is 1. The molecule has 3 N–H and O–H groups in total. The van der Waals surface area contributed by atoms with Crippen LogP contribution in [0.25, 0.3) is 0 Å². The van der Waals surface area contributed by atoms with E-state index in [-0.39, 0.29) is 12.1 Å². The lowest BCUT2D eigenvalue weighted by Gasteiger charge is -2.40. The van der Waals surface area contributed by atoms with Gasteiger partial charge in [0.1, 0.15) is 6.23 Å². The fourth-order valence-electron chi connectivity index (χ4n) is 5.16. The first-order chi connectivity index (χ1) is 15.7. The molecule has 1 heterocycles. The van der Waals surface area contributed by atoms with E-state index in [4.69, 9.17) is 11.6 Å². The second kappa shape index (κ2) is 11.1. The van der Waals surface area contributed by atoms with Gasteiger partial charge in [-0.25, -0.2) is 0 Å². The molecule has 0 spiro atoms. The van der Waals surface area contributed by atoms with Gasteiger partial charge in [0.05, 0.1) is 5.56 Å². The van der Waals surface area contributed by atoms with Crippen LogP contribution in [0.4, 0.5) is 5.69 Å². The molecule has 33 heavy (non-hydrogen) atoms. The van der Waals surface area contributed by atoms with Gasteiger partial charge in [-0.2, -0.15) is 0 Å². The number of nitrogens with zero attached hydrogens (tertiary/aromatic N) is 3. The Balaban J connectivity index is 1.80. The number of aliphatic hydroxyl groups is 1.